The topological polar surface area (TPSA) is 62.5 Å². The number of nitrogens with one attached hydrogen (secondary N) is 2. The van der Waals surface area contributed by atoms with Crippen molar-refractivity contribution in [2.75, 3.05) is 6.54 Å². The second-order valence-corrected chi connectivity index (χ2v) is 7.10. The maximum absolute atomic E-state index is 5.16. The minimum Gasteiger partial charge on any atom is -0.361 e. The zero-order valence-electron chi connectivity index (χ0n) is 12.8. The highest BCUT2D eigenvalue weighted by atomic mass is 127. The third-order valence-electron chi connectivity index (χ3n) is 2.98. The van der Waals surface area contributed by atoms with Crippen molar-refractivity contribution < 1.29 is 4.52 Å². The molecule has 0 aliphatic heterocycles. The average Bonchev–Trinajstić information content (AvgIpc) is 3.00. The molecule has 2 aromatic rings. The third-order valence-corrected chi connectivity index (χ3v) is 4.60. The molecule has 0 saturated carbocycles. The predicted molar refractivity (Wildman–Crippen MR) is 105 cm³/mol. The summed E-state index contributed by atoms with van der Waals surface area (Å²) in [5, 5.41) is 10.5. The molecule has 0 aliphatic rings. The molecular weight excluding hydrogens is 479 g/mol. The molecule has 0 aliphatic carbocycles. The predicted octanol–water partition coefficient (Wildman–Crippen LogP) is 3.99. The Balaban J connectivity index is 0.00000242. The van der Waals surface area contributed by atoms with E-state index in [1.54, 1.807) is 11.3 Å². The molecule has 2 aromatic heterocycles. The Morgan fingerprint density at radius 1 is 1.36 bits per heavy atom. The van der Waals surface area contributed by atoms with E-state index in [9.17, 15) is 0 Å². The van der Waals surface area contributed by atoms with Gasteiger partial charge in [0, 0.05) is 17.0 Å². The number of thiophene rings is 1. The molecule has 0 unspecified atom stereocenters. The summed E-state index contributed by atoms with van der Waals surface area (Å²) in [5.74, 6) is 1.62. The Bertz CT molecular complexity index is 607. The highest BCUT2D eigenvalue weighted by Crippen LogP contribution is 2.21. The molecule has 5 nitrogen and oxygen atoms in total. The first-order valence-corrected chi connectivity index (χ1v) is 8.39. The monoisotopic (exact) mass is 498 g/mol. The second-order valence-electron chi connectivity index (χ2n) is 4.56. The fraction of sp³-hybridized carbons (Fsp3) is 0.429. The molecular formula is C14H20BrIN4OS. The molecule has 122 valence electrons. The molecule has 0 atom stereocenters. The molecule has 2 heterocycles. The van der Waals surface area contributed by atoms with Crippen LogP contribution in [0.4, 0.5) is 0 Å². The maximum Gasteiger partial charge on any atom is 0.191 e. The van der Waals surface area contributed by atoms with Gasteiger partial charge in [0.25, 0.3) is 0 Å². The van der Waals surface area contributed by atoms with E-state index < -0.39 is 0 Å². The Kier molecular flexibility index (Phi) is 8.40. The van der Waals surface area contributed by atoms with Gasteiger partial charge in [-0.05, 0) is 48.8 Å². The van der Waals surface area contributed by atoms with Crippen molar-refractivity contribution >= 4 is 57.2 Å². The lowest BCUT2D eigenvalue weighted by atomic mass is 10.2. The van der Waals surface area contributed by atoms with Crippen LogP contribution in [0, 0.1) is 13.8 Å². The molecule has 0 aromatic carbocycles. The van der Waals surface area contributed by atoms with Crippen LogP contribution in [-0.2, 0) is 13.1 Å². The first-order valence-electron chi connectivity index (χ1n) is 6.78. The Morgan fingerprint density at radius 3 is 2.68 bits per heavy atom. The van der Waals surface area contributed by atoms with Gasteiger partial charge in [0.05, 0.1) is 22.6 Å². The molecule has 0 radical (unpaired) electrons. The van der Waals surface area contributed by atoms with Crippen LogP contribution < -0.4 is 10.6 Å². The van der Waals surface area contributed by atoms with Crippen LogP contribution in [-0.4, -0.2) is 17.7 Å². The molecule has 0 fully saturated rings. The van der Waals surface area contributed by atoms with Crippen molar-refractivity contribution in [2.45, 2.75) is 33.9 Å². The summed E-state index contributed by atoms with van der Waals surface area (Å²) in [6, 6.07) is 4.15. The van der Waals surface area contributed by atoms with E-state index in [0.717, 1.165) is 39.9 Å². The Morgan fingerprint density at radius 2 is 2.14 bits per heavy atom. The van der Waals surface area contributed by atoms with Gasteiger partial charge in [0.1, 0.15) is 5.76 Å². The van der Waals surface area contributed by atoms with Crippen LogP contribution in [0.2, 0.25) is 0 Å². The number of aliphatic imine (C=N–C) groups is 1. The zero-order chi connectivity index (χ0) is 15.2. The number of hydrogen-bond acceptors (Lipinski definition) is 4. The van der Waals surface area contributed by atoms with Crippen LogP contribution in [0.15, 0.2) is 25.4 Å². The van der Waals surface area contributed by atoms with Gasteiger partial charge in [-0.25, -0.2) is 4.99 Å². The van der Waals surface area contributed by atoms with Gasteiger partial charge in [-0.1, -0.05) is 5.16 Å². The minimum absolute atomic E-state index is 0. The highest BCUT2D eigenvalue weighted by molar-refractivity contribution is 14.0. The number of aryl methyl sites for hydroxylation is 2. The van der Waals surface area contributed by atoms with Gasteiger partial charge in [0.2, 0.25) is 0 Å². The number of rotatable bonds is 5. The lowest BCUT2D eigenvalue weighted by Crippen LogP contribution is -2.36. The van der Waals surface area contributed by atoms with Crippen LogP contribution in [0.25, 0.3) is 0 Å². The van der Waals surface area contributed by atoms with Crippen LogP contribution in [0.1, 0.15) is 28.8 Å². The Hall–Kier alpha value is -0.610. The fourth-order valence-corrected chi connectivity index (χ4v) is 3.27. The number of guanidine groups is 1. The summed E-state index contributed by atoms with van der Waals surface area (Å²) < 4.78 is 6.29. The van der Waals surface area contributed by atoms with E-state index in [1.807, 2.05) is 13.8 Å². The van der Waals surface area contributed by atoms with Gasteiger partial charge in [-0.3, -0.25) is 0 Å². The SMILES string of the molecule is CCNC(=NCc1c(C)noc1C)NCc1ccc(Br)s1.I. The molecule has 0 bridgehead atoms. The van der Waals surface area contributed by atoms with Crippen LogP contribution in [0.5, 0.6) is 0 Å². The van der Waals surface area contributed by atoms with Gasteiger partial charge < -0.3 is 15.2 Å². The van der Waals surface area contributed by atoms with Gasteiger partial charge in [-0.2, -0.15) is 0 Å². The highest BCUT2D eigenvalue weighted by Gasteiger charge is 2.08. The summed E-state index contributed by atoms with van der Waals surface area (Å²) in [5.41, 5.74) is 1.94. The van der Waals surface area contributed by atoms with Crippen LogP contribution in [0.3, 0.4) is 0 Å². The number of aromatic nitrogens is 1. The van der Waals surface area contributed by atoms with E-state index >= 15 is 0 Å². The van der Waals surface area contributed by atoms with Crippen molar-refractivity contribution in [1.29, 1.82) is 0 Å². The first-order chi connectivity index (χ1) is 10.1. The first kappa shape index (κ1) is 19.4. The minimum atomic E-state index is 0. The van der Waals surface area contributed by atoms with E-state index in [-0.39, 0.29) is 24.0 Å². The van der Waals surface area contributed by atoms with Crippen molar-refractivity contribution in [3.05, 3.63) is 37.8 Å². The van der Waals surface area contributed by atoms with Crippen molar-refractivity contribution in [3.8, 4) is 0 Å². The standard InChI is InChI=1S/C14H19BrN4OS.HI/c1-4-16-14(17-7-11-5-6-13(15)21-11)18-8-12-9(2)19-20-10(12)3;/h5-6H,4,7-8H2,1-3H3,(H2,16,17,18);1H. The largest absolute Gasteiger partial charge is 0.361 e. The molecule has 2 N–H and O–H groups in total. The quantitative estimate of drug-likeness (QED) is 0.371. The molecule has 8 heteroatoms. The van der Waals surface area contributed by atoms with Gasteiger partial charge >= 0.3 is 0 Å². The molecule has 0 spiro atoms. The smallest absolute Gasteiger partial charge is 0.191 e. The third kappa shape index (κ3) is 5.54. The van der Waals surface area contributed by atoms with Crippen molar-refractivity contribution in [3.63, 3.8) is 0 Å². The summed E-state index contributed by atoms with van der Waals surface area (Å²) >= 11 is 5.19. The number of nitrogens with zero attached hydrogens (tertiary/aromatic N) is 2. The van der Waals surface area contributed by atoms with Gasteiger partial charge in [-0.15, -0.1) is 35.3 Å². The lowest BCUT2D eigenvalue weighted by Gasteiger charge is -2.10. The number of halogens is 2. The summed E-state index contributed by atoms with van der Waals surface area (Å²) in [6.45, 7) is 8.03. The fourth-order valence-electron chi connectivity index (χ4n) is 1.85. The van der Waals surface area contributed by atoms with Crippen molar-refractivity contribution in [2.24, 2.45) is 4.99 Å². The van der Waals surface area contributed by atoms with Crippen molar-refractivity contribution in [1.82, 2.24) is 15.8 Å². The molecule has 22 heavy (non-hydrogen) atoms. The van der Waals surface area contributed by atoms with Gasteiger partial charge in [0.15, 0.2) is 5.96 Å². The summed E-state index contributed by atoms with van der Waals surface area (Å²) in [6.07, 6.45) is 0. The van der Waals surface area contributed by atoms with E-state index in [1.165, 1.54) is 4.88 Å². The molecule has 0 amide bonds. The van der Waals surface area contributed by atoms with E-state index in [2.05, 4.69) is 55.8 Å². The summed E-state index contributed by atoms with van der Waals surface area (Å²) in [4.78, 5) is 5.84. The normalized spacial score (nSPS) is 11.2. The summed E-state index contributed by atoms with van der Waals surface area (Å²) in [7, 11) is 0. The molecule has 0 saturated heterocycles. The second kappa shape index (κ2) is 9.51. The average molecular weight is 499 g/mol. The number of hydrogen-bond donors (Lipinski definition) is 2. The lowest BCUT2D eigenvalue weighted by molar-refractivity contribution is 0.392. The maximum atomic E-state index is 5.16. The Labute approximate surface area is 160 Å². The van der Waals surface area contributed by atoms with E-state index in [4.69, 9.17) is 4.52 Å². The van der Waals surface area contributed by atoms with E-state index in [0.29, 0.717) is 6.54 Å². The zero-order valence-corrected chi connectivity index (χ0v) is 17.5. The molecule has 2 rings (SSSR count). The van der Waals surface area contributed by atoms with Crippen LogP contribution >= 0.6 is 51.2 Å².